The third kappa shape index (κ3) is 5.43. The van der Waals surface area contributed by atoms with Gasteiger partial charge in [0.1, 0.15) is 0 Å². The smallest absolute Gasteiger partial charge is 0.0623 e. The minimum absolute atomic E-state index is 0.0939. The van der Waals surface area contributed by atoms with Crippen LogP contribution in [-0.2, 0) is 4.74 Å². The molecule has 0 aliphatic rings. The highest BCUT2D eigenvalue weighted by molar-refractivity contribution is 6.31. The van der Waals surface area contributed by atoms with E-state index >= 15 is 0 Å². The standard InChI is InChI=1S/C17H28ClNO/c1-6-11-19-16(9-10-17(3,4)20-5)14-8-7-13(2)12-15(14)18/h7-8,12,16,19H,6,9-11H2,1-5H3. The van der Waals surface area contributed by atoms with Crippen molar-refractivity contribution < 1.29 is 4.74 Å². The topological polar surface area (TPSA) is 21.3 Å². The molecule has 114 valence electrons. The van der Waals surface area contributed by atoms with Crippen molar-refractivity contribution in [3.05, 3.63) is 34.3 Å². The molecule has 0 spiro atoms. The summed E-state index contributed by atoms with van der Waals surface area (Å²) in [6, 6.07) is 6.60. The number of hydrogen-bond acceptors (Lipinski definition) is 2. The van der Waals surface area contributed by atoms with E-state index < -0.39 is 0 Å². The van der Waals surface area contributed by atoms with Gasteiger partial charge >= 0.3 is 0 Å². The van der Waals surface area contributed by atoms with Crippen LogP contribution in [0.3, 0.4) is 0 Å². The SMILES string of the molecule is CCCNC(CCC(C)(C)OC)c1ccc(C)cc1Cl. The molecule has 0 fully saturated rings. The summed E-state index contributed by atoms with van der Waals surface area (Å²) in [5.74, 6) is 0. The Labute approximate surface area is 128 Å². The Bertz CT molecular complexity index is 417. The van der Waals surface area contributed by atoms with E-state index in [1.54, 1.807) is 7.11 Å². The maximum absolute atomic E-state index is 6.42. The number of methoxy groups -OCH3 is 1. The molecule has 0 saturated carbocycles. The summed E-state index contributed by atoms with van der Waals surface area (Å²) in [6.07, 6.45) is 3.13. The summed E-state index contributed by atoms with van der Waals surface area (Å²) in [5.41, 5.74) is 2.30. The molecular formula is C17H28ClNO. The molecule has 2 nitrogen and oxygen atoms in total. The summed E-state index contributed by atoms with van der Waals surface area (Å²) in [5, 5.41) is 4.46. The largest absolute Gasteiger partial charge is 0.379 e. The van der Waals surface area contributed by atoms with Gasteiger partial charge < -0.3 is 10.1 Å². The summed E-state index contributed by atoms with van der Waals surface area (Å²) < 4.78 is 5.52. The van der Waals surface area contributed by atoms with Crippen molar-refractivity contribution in [3.8, 4) is 0 Å². The predicted molar refractivity (Wildman–Crippen MR) is 87.5 cm³/mol. The molecule has 1 aromatic carbocycles. The lowest BCUT2D eigenvalue weighted by Gasteiger charge is -2.27. The van der Waals surface area contributed by atoms with Gasteiger partial charge in [-0.25, -0.2) is 0 Å². The maximum Gasteiger partial charge on any atom is 0.0623 e. The molecule has 0 heterocycles. The molecule has 0 radical (unpaired) electrons. The molecule has 0 aliphatic carbocycles. The number of rotatable bonds is 8. The molecule has 0 saturated heterocycles. The van der Waals surface area contributed by atoms with Gasteiger partial charge in [0.15, 0.2) is 0 Å². The Morgan fingerprint density at radius 2 is 2.05 bits per heavy atom. The van der Waals surface area contributed by atoms with Crippen LogP contribution < -0.4 is 5.32 Å². The normalized spacial score (nSPS) is 13.5. The van der Waals surface area contributed by atoms with E-state index in [2.05, 4.69) is 45.1 Å². The lowest BCUT2D eigenvalue weighted by molar-refractivity contribution is 0.0117. The van der Waals surface area contributed by atoms with Crippen LogP contribution in [0.2, 0.25) is 5.02 Å². The highest BCUT2D eigenvalue weighted by atomic mass is 35.5. The molecule has 0 aromatic heterocycles. The van der Waals surface area contributed by atoms with Crippen LogP contribution in [0, 0.1) is 6.92 Å². The zero-order chi connectivity index (χ0) is 15.2. The molecule has 1 N–H and O–H groups in total. The Hall–Kier alpha value is -0.570. The van der Waals surface area contributed by atoms with Crippen molar-refractivity contribution in [2.75, 3.05) is 13.7 Å². The number of benzene rings is 1. The molecule has 20 heavy (non-hydrogen) atoms. The molecule has 0 amide bonds. The maximum atomic E-state index is 6.42. The lowest BCUT2D eigenvalue weighted by Crippen LogP contribution is -2.28. The molecular weight excluding hydrogens is 270 g/mol. The van der Waals surface area contributed by atoms with Crippen molar-refractivity contribution in [2.45, 2.75) is 58.6 Å². The Kier molecular flexibility index (Phi) is 7.01. The fraction of sp³-hybridized carbons (Fsp3) is 0.647. The van der Waals surface area contributed by atoms with Crippen LogP contribution >= 0.6 is 11.6 Å². The second kappa shape index (κ2) is 8.02. The first-order valence-corrected chi connectivity index (χ1v) is 7.82. The molecule has 1 aromatic rings. The van der Waals surface area contributed by atoms with Gasteiger partial charge in [-0.1, -0.05) is 30.7 Å². The van der Waals surface area contributed by atoms with E-state index in [1.165, 1.54) is 11.1 Å². The highest BCUT2D eigenvalue weighted by Crippen LogP contribution is 2.29. The fourth-order valence-corrected chi connectivity index (χ4v) is 2.56. The number of hydrogen-bond donors (Lipinski definition) is 1. The molecule has 0 bridgehead atoms. The van der Waals surface area contributed by atoms with E-state index in [-0.39, 0.29) is 11.6 Å². The average molecular weight is 298 g/mol. The number of ether oxygens (including phenoxy) is 1. The predicted octanol–water partition coefficient (Wildman–Crippen LogP) is 4.89. The monoisotopic (exact) mass is 297 g/mol. The summed E-state index contributed by atoms with van der Waals surface area (Å²) in [6.45, 7) is 9.50. The van der Waals surface area contributed by atoms with E-state index in [9.17, 15) is 0 Å². The second-order valence-corrected chi connectivity index (χ2v) is 6.44. The van der Waals surface area contributed by atoms with Crippen LogP contribution in [0.25, 0.3) is 0 Å². The van der Waals surface area contributed by atoms with Crippen LogP contribution in [0.5, 0.6) is 0 Å². The van der Waals surface area contributed by atoms with E-state index in [0.717, 1.165) is 30.8 Å². The van der Waals surface area contributed by atoms with E-state index in [1.807, 2.05) is 6.07 Å². The van der Waals surface area contributed by atoms with Gasteiger partial charge in [0.25, 0.3) is 0 Å². The molecule has 3 heteroatoms. The van der Waals surface area contributed by atoms with Gasteiger partial charge in [-0.2, -0.15) is 0 Å². The quantitative estimate of drug-likeness (QED) is 0.737. The minimum atomic E-state index is -0.0939. The van der Waals surface area contributed by atoms with Crippen molar-refractivity contribution in [1.29, 1.82) is 0 Å². The zero-order valence-corrected chi connectivity index (χ0v) is 14.2. The number of aryl methyl sites for hydroxylation is 1. The van der Waals surface area contributed by atoms with Gasteiger partial charge in [-0.15, -0.1) is 0 Å². The number of halogens is 1. The lowest BCUT2D eigenvalue weighted by atomic mass is 9.94. The fourth-order valence-electron chi connectivity index (χ4n) is 2.19. The highest BCUT2D eigenvalue weighted by Gasteiger charge is 2.21. The first-order chi connectivity index (χ1) is 9.39. The van der Waals surface area contributed by atoms with Crippen molar-refractivity contribution in [1.82, 2.24) is 5.32 Å². The molecule has 1 rings (SSSR count). The van der Waals surface area contributed by atoms with Crippen LogP contribution in [0.15, 0.2) is 18.2 Å². The van der Waals surface area contributed by atoms with Crippen LogP contribution in [-0.4, -0.2) is 19.3 Å². The third-order valence-electron chi connectivity index (χ3n) is 3.76. The molecule has 1 unspecified atom stereocenters. The van der Waals surface area contributed by atoms with Gasteiger partial charge in [0, 0.05) is 18.2 Å². The van der Waals surface area contributed by atoms with Crippen molar-refractivity contribution in [2.24, 2.45) is 0 Å². The average Bonchev–Trinajstić information content (AvgIpc) is 2.40. The zero-order valence-electron chi connectivity index (χ0n) is 13.4. The van der Waals surface area contributed by atoms with Crippen LogP contribution in [0.4, 0.5) is 0 Å². The minimum Gasteiger partial charge on any atom is -0.379 e. The second-order valence-electron chi connectivity index (χ2n) is 6.03. The van der Waals surface area contributed by atoms with Crippen molar-refractivity contribution in [3.63, 3.8) is 0 Å². The van der Waals surface area contributed by atoms with Gasteiger partial charge in [0.05, 0.1) is 5.60 Å². The van der Waals surface area contributed by atoms with Gasteiger partial charge in [-0.05, 0) is 63.8 Å². The summed E-state index contributed by atoms with van der Waals surface area (Å²) in [4.78, 5) is 0. The third-order valence-corrected chi connectivity index (χ3v) is 4.09. The van der Waals surface area contributed by atoms with Crippen molar-refractivity contribution >= 4 is 11.6 Å². The van der Waals surface area contributed by atoms with E-state index in [4.69, 9.17) is 16.3 Å². The Morgan fingerprint density at radius 3 is 2.60 bits per heavy atom. The van der Waals surface area contributed by atoms with E-state index in [0.29, 0.717) is 0 Å². The summed E-state index contributed by atoms with van der Waals surface area (Å²) >= 11 is 6.42. The first-order valence-electron chi connectivity index (χ1n) is 7.44. The van der Waals surface area contributed by atoms with Gasteiger partial charge in [-0.3, -0.25) is 0 Å². The summed E-state index contributed by atoms with van der Waals surface area (Å²) in [7, 11) is 1.77. The van der Waals surface area contributed by atoms with Crippen LogP contribution in [0.1, 0.15) is 57.2 Å². The first kappa shape index (κ1) is 17.5. The Morgan fingerprint density at radius 1 is 1.35 bits per heavy atom. The molecule has 0 aliphatic heterocycles. The number of nitrogens with one attached hydrogen (secondary N) is 1. The van der Waals surface area contributed by atoms with Gasteiger partial charge in [0.2, 0.25) is 0 Å². The molecule has 1 atom stereocenters. The Balaban J connectivity index is 2.82.